The molecule has 0 unspecified atom stereocenters. The van der Waals surface area contributed by atoms with E-state index < -0.39 is 10.8 Å². The highest BCUT2D eigenvalue weighted by molar-refractivity contribution is 5.22. The molecule has 74 valence electrons. The zero-order chi connectivity index (χ0) is 11.2. The molecule has 0 heterocycles. The average molecular weight is 188 g/mol. The van der Waals surface area contributed by atoms with Gasteiger partial charge in [0.05, 0.1) is 12.1 Å². The van der Waals surface area contributed by atoms with Gasteiger partial charge in [-0.3, -0.25) is 0 Å². The van der Waals surface area contributed by atoms with Gasteiger partial charge in [0.1, 0.15) is 0 Å². The quantitative estimate of drug-likeness (QED) is 0.622. The first-order valence-electron chi connectivity index (χ1n) is 4.54. The molecular weight excluding hydrogens is 172 g/mol. The van der Waals surface area contributed by atoms with Crippen molar-refractivity contribution in [1.82, 2.24) is 0 Å². The largest absolute Gasteiger partial charge is 0.197 e. The minimum absolute atomic E-state index is 0.390. The van der Waals surface area contributed by atoms with Crippen LogP contribution in [0.5, 0.6) is 0 Å². The van der Waals surface area contributed by atoms with Crippen LogP contribution >= 0.6 is 0 Å². The Morgan fingerprint density at radius 1 is 1.07 bits per heavy atom. The summed E-state index contributed by atoms with van der Waals surface area (Å²) in [6.45, 7) is 11.0. The molecule has 2 nitrogen and oxygen atoms in total. The molecule has 14 heavy (non-hydrogen) atoms. The molecule has 0 aliphatic carbocycles. The Kier molecular flexibility index (Phi) is 4.12. The lowest BCUT2D eigenvalue weighted by molar-refractivity contribution is 0.199. The van der Waals surface area contributed by atoms with E-state index in [0.29, 0.717) is 12.8 Å². The van der Waals surface area contributed by atoms with Crippen LogP contribution in [0.4, 0.5) is 0 Å². The summed E-state index contributed by atoms with van der Waals surface area (Å²) < 4.78 is 0. The predicted octanol–water partition coefficient (Wildman–Crippen LogP) is 3.20. The van der Waals surface area contributed by atoms with E-state index in [9.17, 15) is 0 Å². The van der Waals surface area contributed by atoms with Gasteiger partial charge in [-0.15, -0.1) is 13.2 Å². The van der Waals surface area contributed by atoms with Crippen LogP contribution in [0, 0.1) is 33.5 Å². The van der Waals surface area contributed by atoms with E-state index in [0.717, 1.165) is 0 Å². The SMILES string of the molecule is C=CCC(C)(C)C(C#N)(C#N)CC=C. The van der Waals surface area contributed by atoms with Crippen molar-refractivity contribution in [3.8, 4) is 12.1 Å². The third-order valence-electron chi connectivity index (χ3n) is 2.64. The van der Waals surface area contributed by atoms with Gasteiger partial charge in [0.2, 0.25) is 0 Å². The topological polar surface area (TPSA) is 47.6 Å². The standard InChI is InChI=1S/C12H16N2/c1-5-7-11(3,4)12(9-13,10-14)8-6-2/h5-6H,1-2,7-8H2,3-4H3. The molecule has 0 saturated carbocycles. The fourth-order valence-corrected chi connectivity index (χ4v) is 1.45. The summed E-state index contributed by atoms with van der Waals surface area (Å²) in [6, 6.07) is 4.22. The van der Waals surface area contributed by atoms with Crippen molar-refractivity contribution in [2.75, 3.05) is 0 Å². The highest BCUT2D eigenvalue weighted by Crippen LogP contribution is 2.44. The van der Waals surface area contributed by atoms with Gasteiger partial charge >= 0.3 is 0 Å². The number of rotatable bonds is 5. The summed E-state index contributed by atoms with van der Waals surface area (Å²) >= 11 is 0. The summed E-state index contributed by atoms with van der Waals surface area (Å²) in [7, 11) is 0. The summed E-state index contributed by atoms with van der Waals surface area (Å²) in [5, 5.41) is 18.2. The molecule has 0 fully saturated rings. The molecular formula is C12H16N2. The van der Waals surface area contributed by atoms with Gasteiger partial charge in [0, 0.05) is 5.41 Å². The molecule has 0 aromatic rings. The van der Waals surface area contributed by atoms with Gasteiger partial charge in [-0.2, -0.15) is 10.5 Å². The maximum absolute atomic E-state index is 9.12. The zero-order valence-electron chi connectivity index (χ0n) is 8.88. The molecule has 0 atom stereocenters. The molecule has 0 bridgehead atoms. The summed E-state index contributed by atoms with van der Waals surface area (Å²) in [5.41, 5.74) is -1.39. The molecule has 0 aliphatic rings. The predicted molar refractivity (Wildman–Crippen MR) is 57.1 cm³/mol. The van der Waals surface area contributed by atoms with Gasteiger partial charge < -0.3 is 0 Å². The van der Waals surface area contributed by atoms with E-state index in [1.807, 2.05) is 13.8 Å². The number of hydrogen-bond donors (Lipinski definition) is 0. The molecule has 0 spiro atoms. The van der Waals surface area contributed by atoms with Gasteiger partial charge in [-0.25, -0.2) is 0 Å². The van der Waals surface area contributed by atoms with Crippen LogP contribution in [0.3, 0.4) is 0 Å². The summed E-state index contributed by atoms with van der Waals surface area (Å²) in [4.78, 5) is 0. The smallest absolute Gasteiger partial charge is 0.152 e. The van der Waals surface area contributed by atoms with E-state index in [1.54, 1.807) is 12.2 Å². The van der Waals surface area contributed by atoms with E-state index >= 15 is 0 Å². The van der Waals surface area contributed by atoms with Gasteiger partial charge in [0.15, 0.2) is 5.41 Å². The van der Waals surface area contributed by atoms with Crippen LogP contribution in [-0.4, -0.2) is 0 Å². The Bertz CT molecular complexity index is 285. The Hall–Kier alpha value is -1.54. The first-order valence-corrected chi connectivity index (χ1v) is 4.54. The molecule has 0 aromatic heterocycles. The Labute approximate surface area is 86.2 Å². The van der Waals surface area contributed by atoms with Crippen LogP contribution in [-0.2, 0) is 0 Å². The van der Waals surface area contributed by atoms with Gasteiger partial charge in [0.25, 0.3) is 0 Å². The second-order valence-corrected chi connectivity index (χ2v) is 4.00. The third kappa shape index (κ3) is 2.03. The lowest BCUT2D eigenvalue weighted by atomic mass is 9.64. The number of nitriles is 2. The van der Waals surface area contributed by atoms with Crippen molar-refractivity contribution in [1.29, 1.82) is 10.5 Å². The molecule has 0 amide bonds. The summed E-state index contributed by atoms with van der Waals surface area (Å²) in [6.07, 6.45) is 4.40. The molecule has 0 aromatic carbocycles. The molecule has 0 saturated heterocycles. The second kappa shape index (κ2) is 4.63. The fraction of sp³-hybridized carbons (Fsp3) is 0.500. The molecule has 0 rings (SSSR count). The zero-order valence-corrected chi connectivity index (χ0v) is 8.88. The van der Waals surface area contributed by atoms with E-state index in [4.69, 9.17) is 10.5 Å². The highest BCUT2D eigenvalue weighted by Gasteiger charge is 2.44. The van der Waals surface area contributed by atoms with Crippen molar-refractivity contribution < 1.29 is 0 Å². The Morgan fingerprint density at radius 2 is 1.50 bits per heavy atom. The van der Waals surface area contributed by atoms with Crippen LogP contribution in [0.15, 0.2) is 25.3 Å². The van der Waals surface area contributed by atoms with E-state index in [1.165, 1.54) is 0 Å². The van der Waals surface area contributed by atoms with Crippen molar-refractivity contribution in [3.63, 3.8) is 0 Å². The second-order valence-electron chi connectivity index (χ2n) is 4.00. The maximum Gasteiger partial charge on any atom is 0.152 e. The van der Waals surface area contributed by atoms with Gasteiger partial charge in [-0.05, 0) is 12.8 Å². The molecule has 0 radical (unpaired) electrons. The first kappa shape index (κ1) is 12.5. The Morgan fingerprint density at radius 3 is 1.79 bits per heavy atom. The minimum Gasteiger partial charge on any atom is -0.197 e. The Balaban J connectivity index is 5.20. The number of nitrogens with zero attached hydrogens (tertiary/aromatic N) is 2. The molecule has 0 N–H and O–H groups in total. The first-order chi connectivity index (χ1) is 6.49. The monoisotopic (exact) mass is 188 g/mol. The fourth-order valence-electron chi connectivity index (χ4n) is 1.45. The lowest BCUT2D eigenvalue weighted by Crippen LogP contribution is -2.34. The molecule has 0 aliphatic heterocycles. The van der Waals surface area contributed by atoms with Crippen LogP contribution in [0.1, 0.15) is 26.7 Å². The highest BCUT2D eigenvalue weighted by atomic mass is 14.5. The van der Waals surface area contributed by atoms with Crippen molar-refractivity contribution in [2.45, 2.75) is 26.7 Å². The lowest BCUT2D eigenvalue weighted by Gasteiger charge is -2.35. The van der Waals surface area contributed by atoms with E-state index in [2.05, 4.69) is 25.3 Å². The maximum atomic E-state index is 9.12. The van der Waals surface area contributed by atoms with Crippen LogP contribution in [0.2, 0.25) is 0 Å². The summed E-state index contributed by atoms with van der Waals surface area (Å²) in [5.74, 6) is 0. The van der Waals surface area contributed by atoms with Crippen molar-refractivity contribution >= 4 is 0 Å². The van der Waals surface area contributed by atoms with Crippen LogP contribution < -0.4 is 0 Å². The van der Waals surface area contributed by atoms with Crippen LogP contribution in [0.25, 0.3) is 0 Å². The van der Waals surface area contributed by atoms with Gasteiger partial charge in [-0.1, -0.05) is 26.0 Å². The normalized spacial score (nSPS) is 11.1. The minimum atomic E-state index is -0.997. The number of hydrogen-bond acceptors (Lipinski definition) is 2. The van der Waals surface area contributed by atoms with E-state index in [-0.39, 0.29) is 0 Å². The van der Waals surface area contributed by atoms with Crippen molar-refractivity contribution in [2.24, 2.45) is 10.8 Å². The van der Waals surface area contributed by atoms with Crippen molar-refractivity contribution in [3.05, 3.63) is 25.3 Å². The molecule has 2 heteroatoms. The average Bonchev–Trinajstić information content (AvgIpc) is 2.13. The number of allylic oxidation sites excluding steroid dienone is 2. The third-order valence-corrected chi connectivity index (χ3v) is 2.64.